The predicted molar refractivity (Wildman–Crippen MR) is 81.5 cm³/mol. The number of hydrogen-bond acceptors (Lipinski definition) is 2. The molecule has 4 heteroatoms. The fourth-order valence-corrected chi connectivity index (χ4v) is 3.55. The minimum Gasteiger partial charge on any atom is -0.390 e. The molecule has 2 aliphatic carbocycles. The fraction of sp³-hybridized carbons (Fsp3) is 0.562. The average molecular weight is 338 g/mol. The van der Waals surface area contributed by atoms with Crippen molar-refractivity contribution in [2.45, 2.75) is 56.1 Å². The van der Waals surface area contributed by atoms with Crippen LogP contribution in [0.5, 0.6) is 0 Å². The summed E-state index contributed by atoms with van der Waals surface area (Å²) in [6, 6.07) is 8.26. The van der Waals surface area contributed by atoms with Gasteiger partial charge in [-0.25, -0.2) is 0 Å². The zero-order valence-corrected chi connectivity index (χ0v) is 13.2. The normalized spacial score (nSPS) is 32.5. The van der Waals surface area contributed by atoms with Crippen LogP contribution < -0.4 is 5.32 Å². The van der Waals surface area contributed by atoms with Crippen LogP contribution in [0.3, 0.4) is 0 Å². The summed E-state index contributed by atoms with van der Waals surface area (Å²) in [5, 5.41) is 13.5. The van der Waals surface area contributed by atoms with Gasteiger partial charge in [0.1, 0.15) is 0 Å². The van der Waals surface area contributed by atoms with E-state index in [1.165, 1.54) is 0 Å². The lowest BCUT2D eigenvalue weighted by Crippen LogP contribution is -2.61. The number of halogens is 1. The van der Waals surface area contributed by atoms with E-state index < -0.39 is 11.0 Å². The number of carbonyl (C=O) groups is 1. The van der Waals surface area contributed by atoms with Gasteiger partial charge in [0.15, 0.2) is 0 Å². The molecule has 0 saturated heterocycles. The Hall–Kier alpha value is -0.870. The van der Waals surface area contributed by atoms with Gasteiger partial charge in [-0.2, -0.15) is 0 Å². The Bertz CT molecular complexity index is 533. The van der Waals surface area contributed by atoms with Crippen molar-refractivity contribution in [3.8, 4) is 0 Å². The number of nitrogens with one attached hydrogen (secondary N) is 1. The van der Waals surface area contributed by atoms with Crippen molar-refractivity contribution in [3.63, 3.8) is 0 Å². The first-order valence-electron chi connectivity index (χ1n) is 7.27. The van der Waals surface area contributed by atoms with Crippen LogP contribution in [-0.4, -0.2) is 22.7 Å². The number of aliphatic hydroxyl groups is 1. The van der Waals surface area contributed by atoms with E-state index in [0.717, 1.165) is 22.9 Å². The zero-order valence-electron chi connectivity index (χ0n) is 11.7. The van der Waals surface area contributed by atoms with Gasteiger partial charge in [0.25, 0.3) is 0 Å². The zero-order chi connectivity index (χ0) is 14.4. The first kappa shape index (κ1) is 14.1. The average Bonchev–Trinajstić information content (AvgIpc) is 3.18. The van der Waals surface area contributed by atoms with E-state index in [-0.39, 0.29) is 5.91 Å². The Kier molecular flexibility index (Phi) is 3.41. The van der Waals surface area contributed by atoms with Gasteiger partial charge >= 0.3 is 0 Å². The fourth-order valence-electron chi connectivity index (χ4n) is 3.15. The third-order valence-electron chi connectivity index (χ3n) is 4.64. The second kappa shape index (κ2) is 4.85. The molecule has 2 saturated carbocycles. The van der Waals surface area contributed by atoms with Crippen LogP contribution in [0.4, 0.5) is 0 Å². The Morgan fingerprint density at radius 1 is 1.45 bits per heavy atom. The van der Waals surface area contributed by atoms with Crippen LogP contribution >= 0.6 is 15.9 Å². The Morgan fingerprint density at radius 2 is 2.15 bits per heavy atom. The van der Waals surface area contributed by atoms with Crippen molar-refractivity contribution in [1.82, 2.24) is 5.32 Å². The number of carbonyl (C=O) groups excluding carboxylic acids is 1. The summed E-state index contributed by atoms with van der Waals surface area (Å²) in [5.41, 5.74) is -0.247. The summed E-state index contributed by atoms with van der Waals surface area (Å²) in [7, 11) is 0. The highest BCUT2D eigenvalue weighted by molar-refractivity contribution is 9.10. The predicted octanol–water partition coefficient (Wildman–Crippen LogP) is 2.90. The van der Waals surface area contributed by atoms with Gasteiger partial charge in [-0.15, -0.1) is 0 Å². The van der Waals surface area contributed by atoms with E-state index in [9.17, 15) is 9.90 Å². The topological polar surface area (TPSA) is 49.3 Å². The van der Waals surface area contributed by atoms with Gasteiger partial charge < -0.3 is 10.4 Å². The van der Waals surface area contributed by atoms with Gasteiger partial charge in [0, 0.05) is 10.5 Å². The third kappa shape index (κ3) is 2.40. The summed E-state index contributed by atoms with van der Waals surface area (Å²) in [6.07, 6.45) is 3.90. The molecule has 2 fully saturated rings. The molecular weight excluding hydrogens is 318 g/mol. The Labute approximate surface area is 127 Å². The molecule has 3 rings (SSSR count). The summed E-state index contributed by atoms with van der Waals surface area (Å²) < 4.78 is 0.973. The number of amides is 1. The monoisotopic (exact) mass is 337 g/mol. The summed E-state index contributed by atoms with van der Waals surface area (Å²) >= 11 is 3.47. The molecule has 3 nitrogen and oxygen atoms in total. The van der Waals surface area contributed by atoms with Crippen molar-refractivity contribution in [3.05, 3.63) is 34.3 Å². The number of benzene rings is 1. The van der Waals surface area contributed by atoms with Gasteiger partial charge in [0.2, 0.25) is 5.91 Å². The molecule has 0 atom stereocenters. The molecule has 0 heterocycles. The van der Waals surface area contributed by atoms with E-state index in [1.54, 1.807) is 0 Å². The largest absolute Gasteiger partial charge is 0.390 e. The molecule has 0 spiro atoms. The Balaban J connectivity index is 1.90. The van der Waals surface area contributed by atoms with Crippen LogP contribution in [-0.2, 0) is 10.2 Å². The number of rotatable bonds is 4. The molecule has 0 radical (unpaired) electrons. The smallest absolute Gasteiger partial charge is 0.231 e. The van der Waals surface area contributed by atoms with E-state index in [4.69, 9.17) is 0 Å². The molecule has 1 aromatic carbocycles. The molecule has 0 unspecified atom stereocenters. The number of hydrogen-bond donors (Lipinski definition) is 2. The molecule has 20 heavy (non-hydrogen) atoms. The molecule has 1 aromatic rings. The summed E-state index contributed by atoms with van der Waals surface area (Å²) in [5.74, 6) is 0.0798. The Morgan fingerprint density at radius 3 is 2.70 bits per heavy atom. The van der Waals surface area contributed by atoms with E-state index >= 15 is 0 Å². The first-order chi connectivity index (χ1) is 9.47. The van der Waals surface area contributed by atoms with Crippen LogP contribution in [0.15, 0.2) is 28.7 Å². The molecule has 0 bridgehead atoms. The molecule has 0 aliphatic heterocycles. The second-order valence-corrected chi connectivity index (χ2v) is 7.19. The molecule has 2 N–H and O–H groups in total. The minimum absolute atomic E-state index is 0.0798. The highest BCUT2D eigenvalue weighted by Gasteiger charge is 2.58. The van der Waals surface area contributed by atoms with Crippen LogP contribution in [0.1, 0.15) is 44.6 Å². The lowest BCUT2D eigenvalue weighted by Gasteiger charge is -2.52. The van der Waals surface area contributed by atoms with Gasteiger partial charge in [-0.3, -0.25) is 4.79 Å². The minimum atomic E-state index is -0.691. The van der Waals surface area contributed by atoms with Gasteiger partial charge in [0.05, 0.1) is 11.0 Å². The van der Waals surface area contributed by atoms with Crippen molar-refractivity contribution in [2.75, 3.05) is 0 Å². The summed E-state index contributed by atoms with van der Waals surface area (Å²) in [4.78, 5) is 12.7. The quantitative estimate of drug-likeness (QED) is 0.887. The van der Waals surface area contributed by atoms with Crippen molar-refractivity contribution in [2.24, 2.45) is 0 Å². The second-order valence-electron chi connectivity index (χ2n) is 6.27. The third-order valence-corrected chi connectivity index (χ3v) is 5.14. The molecule has 108 valence electrons. The van der Waals surface area contributed by atoms with Crippen LogP contribution in [0, 0.1) is 0 Å². The van der Waals surface area contributed by atoms with Gasteiger partial charge in [-0.1, -0.05) is 35.0 Å². The highest BCUT2D eigenvalue weighted by Crippen LogP contribution is 2.52. The summed E-state index contributed by atoms with van der Waals surface area (Å²) in [6.45, 7) is 1.98. The standard InChI is InChI=1S/C16H20BrNO2/c1-2-15(20)9-16(10-15,14(19)18-13-6-7-13)11-4-3-5-12(17)8-11/h3-5,8,13,20H,2,6-7,9-10H2,1H3,(H,18,19). The molecule has 0 aromatic heterocycles. The molecule has 1 amide bonds. The maximum Gasteiger partial charge on any atom is 0.231 e. The molecular formula is C16H20BrNO2. The van der Waals surface area contributed by atoms with Crippen molar-refractivity contribution >= 4 is 21.8 Å². The maximum absolute atomic E-state index is 12.7. The highest BCUT2D eigenvalue weighted by atomic mass is 79.9. The lowest BCUT2D eigenvalue weighted by atomic mass is 9.54. The maximum atomic E-state index is 12.7. The van der Waals surface area contributed by atoms with Gasteiger partial charge in [-0.05, 0) is 49.8 Å². The van der Waals surface area contributed by atoms with Crippen molar-refractivity contribution in [1.29, 1.82) is 0 Å². The van der Waals surface area contributed by atoms with E-state index in [0.29, 0.717) is 25.3 Å². The van der Waals surface area contributed by atoms with Crippen LogP contribution in [0.2, 0.25) is 0 Å². The van der Waals surface area contributed by atoms with E-state index in [2.05, 4.69) is 21.2 Å². The van der Waals surface area contributed by atoms with Crippen molar-refractivity contribution < 1.29 is 9.90 Å². The van der Waals surface area contributed by atoms with Crippen LogP contribution in [0.25, 0.3) is 0 Å². The SMILES string of the molecule is CCC1(O)CC(C(=O)NC2CC2)(c2cccc(Br)c2)C1. The first-order valence-corrected chi connectivity index (χ1v) is 8.06. The molecule has 2 aliphatic rings. The lowest BCUT2D eigenvalue weighted by molar-refractivity contribution is -0.148. The van der Waals surface area contributed by atoms with E-state index in [1.807, 2.05) is 31.2 Å².